The number of nitrogens with one attached hydrogen (secondary N) is 1. The molecule has 0 atom stereocenters. The normalized spacial score (nSPS) is 15.3. The van der Waals surface area contributed by atoms with Gasteiger partial charge in [0.1, 0.15) is 17.5 Å². The predicted molar refractivity (Wildman–Crippen MR) is 91.6 cm³/mol. The Bertz CT molecular complexity index is 721. The van der Waals surface area contributed by atoms with Gasteiger partial charge in [0.15, 0.2) is 5.69 Å². The number of pyridine rings is 1. The van der Waals surface area contributed by atoms with E-state index in [9.17, 15) is 4.79 Å². The van der Waals surface area contributed by atoms with E-state index in [1.54, 1.807) is 12.1 Å². The number of aromatic nitrogens is 3. The Morgan fingerprint density at radius 2 is 1.96 bits per heavy atom. The van der Waals surface area contributed by atoms with E-state index in [0.29, 0.717) is 5.82 Å². The summed E-state index contributed by atoms with van der Waals surface area (Å²) in [7, 11) is 0. The molecule has 0 amide bonds. The Labute approximate surface area is 140 Å². The minimum Gasteiger partial charge on any atom is -0.477 e. The molecule has 0 unspecified atom stereocenters. The van der Waals surface area contributed by atoms with Gasteiger partial charge in [-0.1, -0.05) is 6.07 Å². The number of nitrogens with zero attached hydrogens (tertiary/aromatic N) is 4. The van der Waals surface area contributed by atoms with Gasteiger partial charge in [-0.2, -0.15) is 0 Å². The molecule has 1 aliphatic rings. The number of hydrogen-bond acceptors (Lipinski definition) is 6. The van der Waals surface area contributed by atoms with Crippen molar-refractivity contribution < 1.29 is 9.90 Å². The molecule has 2 aromatic rings. The predicted octanol–water partition coefficient (Wildman–Crippen LogP) is 2.27. The molecule has 7 nitrogen and oxygen atoms in total. The molecule has 0 aromatic carbocycles. The quantitative estimate of drug-likeness (QED) is 0.890. The number of hydrogen-bond donors (Lipinski definition) is 2. The average Bonchev–Trinajstić information content (AvgIpc) is 2.55. The molecule has 24 heavy (non-hydrogen) atoms. The van der Waals surface area contributed by atoms with Crippen molar-refractivity contribution in [2.24, 2.45) is 0 Å². The fourth-order valence-corrected chi connectivity index (χ4v) is 2.96. The van der Waals surface area contributed by atoms with E-state index in [4.69, 9.17) is 5.11 Å². The molecule has 1 saturated heterocycles. The first kappa shape index (κ1) is 16.2. The van der Waals surface area contributed by atoms with Crippen LogP contribution in [0.5, 0.6) is 0 Å². The van der Waals surface area contributed by atoms with Gasteiger partial charge >= 0.3 is 5.97 Å². The first-order valence-electron chi connectivity index (χ1n) is 8.05. The summed E-state index contributed by atoms with van der Waals surface area (Å²) in [6, 6.07) is 7.30. The topological polar surface area (TPSA) is 91.2 Å². The van der Waals surface area contributed by atoms with Crippen molar-refractivity contribution in [1.82, 2.24) is 15.0 Å². The Morgan fingerprint density at radius 1 is 1.21 bits per heavy atom. The summed E-state index contributed by atoms with van der Waals surface area (Å²) >= 11 is 0. The van der Waals surface area contributed by atoms with Crippen molar-refractivity contribution in [2.45, 2.75) is 32.7 Å². The van der Waals surface area contributed by atoms with Crippen LogP contribution in [0.4, 0.5) is 11.6 Å². The Kier molecular flexibility index (Phi) is 4.59. The van der Waals surface area contributed by atoms with E-state index >= 15 is 0 Å². The molecule has 1 fully saturated rings. The number of anilines is 2. The van der Waals surface area contributed by atoms with Crippen LogP contribution in [0.1, 0.15) is 34.8 Å². The second-order valence-electron chi connectivity index (χ2n) is 6.03. The lowest BCUT2D eigenvalue weighted by Crippen LogP contribution is -2.39. The van der Waals surface area contributed by atoms with E-state index in [1.807, 2.05) is 19.9 Å². The highest BCUT2D eigenvalue weighted by Gasteiger charge is 2.21. The number of piperidine rings is 1. The number of aryl methyl sites for hydroxylation is 2. The summed E-state index contributed by atoms with van der Waals surface area (Å²) in [5.41, 5.74) is 1.04. The van der Waals surface area contributed by atoms with Crippen LogP contribution in [-0.2, 0) is 0 Å². The summed E-state index contributed by atoms with van der Waals surface area (Å²) in [5.74, 6) is 1.37. The van der Waals surface area contributed by atoms with Gasteiger partial charge in [0.25, 0.3) is 0 Å². The van der Waals surface area contributed by atoms with Crippen LogP contribution in [-0.4, -0.2) is 45.2 Å². The second-order valence-corrected chi connectivity index (χ2v) is 6.03. The Morgan fingerprint density at radius 3 is 2.62 bits per heavy atom. The van der Waals surface area contributed by atoms with Gasteiger partial charge in [0.2, 0.25) is 0 Å². The third-order valence-electron chi connectivity index (χ3n) is 4.09. The summed E-state index contributed by atoms with van der Waals surface area (Å²) in [5, 5.41) is 12.3. The molecule has 126 valence electrons. The zero-order valence-corrected chi connectivity index (χ0v) is 13.9. The van der Waals surface area contributed by atoms with Crippen molar-refractivity contribution in [2.75, 3.05) is 23.3 Å². The first-order valence-corrected chi connectivity index (χ1v) is 8.05. The number of aromatic carboxylic acids is 1. The largest absolute Gasteiger partial charge is 0.477 e. The van der Waals surface area contributed by atoms with Crippen molar-refractivity contribution in [1.29, 1.82) is 0 Å². The summed E-state index contributed by atoms with van der Waals surface area (Å²) in [4.78, 5) is 26.2. The molecule has 2 N–H and O–H groups in total. The number of rotatable bonds is 4. The molecule has 2 aromatic heterocycles. The second kappa shape index (κ2) is 6.82. The number of carbonyl (C=O) groups is 1. The maximum atomic E-state index is 11.0. The van der Waals surface area contributed by atoms with Crippen LogP contribution in [0.25, 0.3) is 0 Å². The van der Waals surface area contributed by atoms with Gasteiger partial charge in [-0.3, -0.25) is 0 Å². The van der Waals surface area contributed by atoms with Gasteiger partial charge in [-0.05, 0) is 38.8 Å². The van der Waals surface area contributed by atoms with Crippen LogP contribution in [0, 0.1) is 13.8 Å². The van der Waals surface area contributed by atoms with E-state index in [1.165, 1.54) is 6.07 Å². The van der Waals surface area contributed by atoms with Crippen molar-refractivity contribution in [3.8, 4) is 0 Å². The monoisotopic (exact) mass is 327 g/mol. The third-order valence-corrected chi connectivity index (χ3v) is 4.09. The maximum Gasteiger partial charge on any atom is 0.354 e. The lowest BCUT2D eigenvalue weighted by molar-refractivity contribution is 0.0690. The smallest absolute Gasteiger partial charge is 0.354 e. The Balaban J connectivity index is 1.61. The third kappa shape index (κ3) is 3.79. The van der Waals surface area contributed by atoms with Gasteiger partial charge in [0, 0.05) is 30.9 Å². The fourth-order valence-electron chi connectivity index (χ4n) is 2.96. The van der Waals surface area contributed by atoms with E-state index < -0.39 is 5.97 Å². The standard InChI is InChI=1S/C17H21N5O2/c1-11-10-16(19-12(2)18-11)22-8-6-13(7-9-22)20-15-5-3-4-14(21-15)17(23)24/h3-5,10,13H,6-9H2,1-2H3,(H,20,21)(H,23,24). The highest BCUT2D eigenvalue weighted by Crippen LogP contribution is 2.21. The lowest BCUT2D eigenvalue weighted by atomic mass is 10.0. The summed E-state index contributed by atoms with van der Waals surface area (Å²) in [6.07, 6.45) is 1.89. The molecular weight excluding hydrogens is 306 g/mol. The maximum absolute atomic E-state index is 11.0. The van der Waals surface area contributed by atoms with Crippen molar-refractivity contribution >= 4 is 17.6 Å². The zero-order valence-electron chi connectivity index (χ0n) is 13.9. The molecule has 3 heterocycles. The van der Waals surface area contributed by atoms with Crippen molar-refractivity contribution in [3.05, 3.63) is 41.5 Å². The van der Waals surface area contributed by atoms with Crippen molar-refractivity contribution in [3.63, 3.8) is 0 Å². The van der Waals surface area contributed by atoms with E-state index in [0.717, 1.165) is 43.3 Å². The molecule has 0 aliphatic carbocycles. The van der Waals surface area contributed by atoms with Gasteiger partial charge in [-0.25, -0.2) is 19.7 Å². The molecule has 0 bridgehead atoms. The van der Waals surface area contributed by atoms with Crippen LogP contribution < -0.4 is 10.2 Å². The highest BCUT2D eigenvalue weighted by atomic mass is 16.4. The number of carboxylic acid groups (broad SMARTS) is 1. The molecular formula is C17H21N5O2. The van der Waals surface area contributed by atoms with Gasteiger partial charge < -0.3 is 15.3 Å². The summed E-state index contributed by atoms with van der Waals surface area (Å²) < 4.78 is 0. The molecule has 0 spiro atoms. The van der Waals surface area contributed by atoms with Gasteiger partial charge in [-0.15, -0.1) is 0 Å². The minimum absolute atomic E-state index is 0.0596. The molecule has 0 saturated carbocycles. The van der Waals surface area contributed by atoms with E-state index in [-0.39, 0.29) is 11.7 Å². The molecule has 0 radical (unpaired) electrons. The SMILES string of the molecule is Cc1cc(N2CCC(Nc3cccc(C(=O)O)n3)CC2)nc(C)n1. The van der Waals surface area contributed by atoms with Crippen LogP contribution >= 0.6 is 0 Å². The zero-order chi connectivity index (χ0) is 17.1. The molecule has 1 aliphatic heterocycles. The van der Waals surface area contributed by atoms with Crippen LogP contribution in [0.3, 0.4) is 0 Å². The first-order chi connectivity index (χ1) is 11.5. The fraction of sp³-hybridized carbons (Fsp3) is 0.412. The minimum atomic E-state index is -1.01. The van der Waals surface area contributed by atoms with Crippen LogP contribution in [0.2, 0.25) is 0 Å². The summed E-state index contributed by atoms with van der Waals surface area (Å²) in [6.45, 7) is 5.68. The molecule has 3 rings (SSSR count). The highest BCUT2D eigenvalue weighted by molar-refractivity contribution is 5.85. The Hall–Kier alpha value is -2.70. The van der Waals surface area contributed by atoms with Gasteiger partial charge in [0.05, 0.1) is 0 Å². The van der Waals surface area contributed by atoms with Crippen LogP contribution in [0.15, 0.2) is 24.3 Å². The number of carboxylic acids is 1. The van der Waals surface area contributed by atoms with E-state index in [2.05, 4.69) is 25.2 Å². The average molecular weight is 327 g/mol. The molecule has 7 heteroatoms. The lowest BCUT2D eigenvalue weighted by Gasteiger charge is -2.33.